The Labute approximate surface area is 153 Å². The van der Waals surface area contributed by atoms with Gasteiger partial charge in [0.05, 0.1) is 6.61 Å². The molecule has 4 heteroatoms. The van der Waals surface area contributed by atoms with Crippen molar-refractivity contribution in [2.75, 3.05) is 13.2 Å². The van der Waals surface area contributed by atoms with Gasteiger partial charge in [-0.15, -0.1) is 0 Å². The molecule has 0 spiro atoms. The summed E-state index contributed by atoms with van der Waals surface area (Å²) in [5.41, 5.74) is 3.28. The van der Waals surface area contributed by atoms with Crippen LogP contribution in [0.25, 0.3) is 11.1 Å². The fourth-order valence-electron chi connectivity index (χ4n) is 2.47. The first-order valence-corrected chi connectivity index (χ1v) is 8.53. The van der Waals surface area contributed by atoms with Gasteiger partial charge < -0.3 is 19.7 Å². The van der Waals surface area contributed by atoms with Gasteiger partial charge in [0.2, 0.25) is 0 Å². The van der Waals surface area contributed by atoms with Crippen molar-refractivity contribution in [1.82, 2.24) is 0 Å². The second-order valence-electron chi connectivity index (χ2n) is 5.97. The maximum atomic E-state index is 9.31. The predicted octanol–water partition coefficient (Wildman–Crippen LogP) is 3.66. The number of hydrogen-bond donors (Lipinski definition) is 2. The van der Waals surface area contributed by atoms with Crippen LogP contribution in [0.4, 0.5) is 0 Å². The number of rotatable bonds is 8. The Hall–Kier alpha value is -2.82. The Kier molecular flexibility index (Phi) is 6.25. The summed E-state index contributed by atoms with van der Waals surface area (Å²) in [5.74, 6) is 1.49. The third kappa shape index (κ3) is 5.09. The van der Waals surface area contributed by atoms with Gasteiger partial charge in [-0.3, -0.25) is 0 Å². The highest BCUT2D eigenvalue weighted by atomic mass is 16.5. The van der Waals surface area contributed by atoms with Gasteiger partial charge in [-0.2, -0.15) is 0 Å². The summed E-state index contributed by atoms with van der Waals surface area (Å²) in [4.78, 5) is 0. The zero-order valence-electron chi connectivity index (χ0n) is 14.4. The maximum Gasteiger partial charge on any atom is 0.119 e. The summed E-state index contributed by atoms with van der Waals surface area (Å²) in [5, 5.41) is 18.1. The summed E-state index contributed by atoms with van der Waals surface area (Å²) in [6.07, 6.45) is -0.863. The number of aliphatic hydroxyl groups is 2. The van der Waals surface area contributed by atoms with Gasteiger partial charge >= 0.3 is 0 Å². The Morgan fingerprint density at radius 1 is 0.692 bits per heavy atom. The van der Waals surface area contributed by atoms with Crippen LogP contribution < -0.4 is 9.47 Å². The Balaban J connectivity index is 1.57. The summed E-state index contributed by atoms with van der Waals surface area (Å²) in [6.45, 7) is 0.311. The lowest BCUT2D eigenvalue weighted by molar-refractivity contribution is 0.0536. The van der Waals surface area contributed by atoms with Crippen molar-refractivity contribution in [2.45, 2.75) is 12.7 Å². The molecule has 3 aromatic rings. The second-order valence-corrected chi connectivity index (χ2v) is 5.97. The summed E-state index contributed by atoms with van der Waals surface area (Å²) < 4.78 is 11.2. The topological polar surface area (TPSA) is 58.9 Å². The molecule has 1 unspecified atom stereocenters. The average Bonchev–Trinajstić information content (AvgIpc) is 2.72. The molecule has 0 saturated heterocycles. The molecule has 0 amide bonds. The SMILES string of the molecule is OCC(O)COc1ccc(-c2ccc(OCc3ccccc3)cc2)cc1. The maximum absolute atomic E-state index is 9.31. The minimum absolute atomic E-state index is 0.0727. The van der Waals surface area contributed by atoms with E-state index in [0.717, 1.165) is 22.4 Å². The summed E-state index contributed by atoms with van der Waals surface area (Å²) in [6, 6.07) is 25.6. The molecule has 1 atom stereocenters. The molecular formula is C22H22O4. The van der Waals surface area contributed by atoms with E-state index in [1.54, 1.807) is 0 Å². The third-order valence-corrected chi connectivity index (χ3v) is 3.94. The van der Waals surface area contributed by atoms with Gasteiger partial charge in [-0.1, -0.05) is 54.6 Å². The van der Waals surface area contributed by atoms with Crippen molar-refractivity contribution in [2.24, 2.45) is 0 Å². The number of ether oxygens (including phenoxy) is 2. The van der Waals surface area contributed by atoms with Crippen LogP contribution in [0.3, 0.4) is 0 Å². The Morgan fingerprint density at radius 3 is 1.77 bits per heavy atom. The van der Waals surface area contributed by atoms with Gasteiger partial charge in [0.1, 0.15) is 30.8 Å². The minimum atomic E-state index is -0.863. The Morgan fingerprint density at radius 2 is 1.23 bits per heavy atom. The van der Waals surface area contributed by atoms with E-state index >= 15 is 0 Å². The smallest absolute Gasteiger partial charge is 0.119 e. The molecule has 0 heterocycles. The minimum Gasteiger partial charge on any atom is -0.491 e. The zero-order chi connectivity index (χ0) is 18.2. The largest absolute Gasteiger partial charge is 0.491 e. The van der Waals surface area contributed by atoms with E-state index in [0.29, 0.717) is 12.4 Å². The Bertz CT molecular complexity index is 783. The van der Waals surface area contributed by atoms with E-state index in [1.807, 2.05) is 78.9 Å². The van der Waals surface area contributed by atoms with Crippen molar-refractivity contribution in [1.29, 1.82) is 0 Å². The van der Waals surface area contributed by atoms with E-state index < -0.39 is 6.10 Å². The molecule has 0 aromatic heterocycles. The predicted molar refractivity (Wildman–Crippen MR) is 101 cm³/mol. The fraction of sp³-hybridized carbons (Fsp3) is 0.182. The first kappa shape index (κ1) is 18.0. The van der Waals surface area contributed by atoms with Crippen LogP contribution in [0.5, 0.6) is 11.5 Å². The quantitative estimate of drug-likeness (QED) is 0.651. The molecule has 26 heavy (non-hydrogen) atoms. The number of benzene rings is 3. The third-order valence-electron chi connectivity index (χ3n) is 3.94. The van der Waals surface area contributed by atoms with Crippen LogP contribution >= 0.6 is 0 Å². The highest BCUT2D eigenvalue weighted by molar-refractivity contribution is 5.64. The van der Waals surface area contributed by atoms with Crippen LogP contribution in [-0.4, -0.2) is 29.5 Å². The lowest BCUT2D eigenvalue weighted by Crippen LogP contribution is -2.21. The molecule has 134 valence electrons. The molecule has 3 rings (SSSR count). The van der Waals surface area contributed by atoms with E-state index in [4.69, 9.17) is 14.6 Å². The second kappa shape index (κ2) is 9.04. The lowest BCUT2D eigenvalue weighted by atomic mass is 10.1. The average molecular weight is 350 g/mol. The van der Waals surface area contributed by atoms with E-state index in [-0.39, 0.29) is 13.2 Å². The zero-order valence-corrected chi connectivity index (χ0v) is 14.4. The molecule has 0 aliphatic heterocycles. The van der Waals surface area contributed by atoms with Crippen molar-refractivity contribution >= 4 is 0 Å². The van der Waals surface area contributed by atoms with Crippen LogP contribution in [-0.2, 0) is 6.61 Å². The molecule has 0 fully saturated rings. The van der Waals surface area contributed by atoms with E-state index in [9.17, 15) is 5.11 Å². The highest BCUT2D eigenvalue weighted by Crippen LogP contribution is 2.25. The van der Waals surface area contributed by atoms with Crippen LogP contribution in [0.1, 0.15) is 5.56 Å². The normalized spacial score (nSPS) is 11.8. The van der Waals surface area contributed by atoms with Gasteiger partial charge in [0.25, 0.3) is 0 Å². The molecule has 0 radical (unpaired) electrons. The van der Waals surface area contributed by atoms with Crippen LogP contribution in [0.2, 0.25) is 0 Å². The van der Waals surface area contributed by atoms with Crippen molar-refractivity contribution in [3.8, 4) is 22.6 Å². The van der Waals surface area contributed by atoms with Gasteiger partial charge in [0.15, 0.2) is 0 Å². The van der Waals surface area contributed by atoms with E-state index in [1.165, 1.54) is 0 Å². The number of aliphatic hydroxyl groups excluding tert-OH is 2. The summed E-state index contributed by atoms with van der Waals surface area (Å²) >= 11 is 0. The molecule has 0 aliphatic carbocycles. The monoisotopic (exact) mass is 350 g/mol. The van der Waals surface area contributed by atoms with Gasteiger partial charge in [-0.05, 0) is 41.0 Å². The molecule has 3 aromatic carbocycles. The molecule has 0 saturated carbocycles. The standard InChI is InChI=1S/C22H22O4/c23-14-20(24)16-26-22-12-8-19(9-13-22)18-6-10-21(11-7-18)25-15-17-4-2-1-3-5-17/h1-13,20,23-24H,14-16H2. The van der Waals surface area contributed by atoms with Crippen LogP contribution in [0.15, 0.2) is 78.9 Å². The lowest BCUT2D eigenvalue weighted by Gasteiger charge is -2.11. The highest BCUT2D eigenvalue weighted by Gasteiger charge is 2.04. The van der Waals surface area contributed by atoms with Crippen molar-refractivity contribution < 1.29 is 19.7 Å². The molecule has 4 nitrogen and oxygen atoms in total. The first-order chi connectivity index (χ1) is 12.7. The van der Waals surface area contributed by atoms with Crippen LogP contribution in [0, 0.1) is 0 Å². The van der Waals surface area contributed by atoms with Crippen molar-refractivity contribution in [3.63, 3.8) is 0 Å². The molecule has 0 aliphatic rings. The molecular weight excluding hydrogens is 328 g/mol. The number of hydrogen-bond acceptors (Lipinski definition) is 4. The van der Waals surface area contributed by atoms with Crippen molar-refractivity contribution in [3.05, 3.63) is 84.4 Å². The fourth-order valence-corrected chi connectivity index (χ4v) is 2.47. The first-order valence-electron chi connectivity index (χ1n) is 8.53. The van der Waals surface area contributed by atoms with E-state index in [2.05, 4.69) is 0 Å². The summed E-state index contributed by atoms with van der Waals surface area (Å²) in [7, 11) is 0. The van der Waals surface area contributed by atoms with Gasteiger partial charge in [-0.25, -0.2) is 0 Å². The molecule has 0 bridgehead atoms. The molecule has 2 N–H and O–H groups in total. The van der Waals surface area contributed by atoms with Gasteiger partial charge in [0, 0.05) is 0 Å².